The normalized spacial score (nSPS) is 29.0. The third kappa shape index (κ3) is 3.17. The summed E-state index contributed by atoms with van der Waals surface area (Å²) >= 11 is 0. The van der Waals surface area contributed by atoms with Gasteiger partial charge in [0.05, 0.1) is 0 Å². The molecule has 0 bridgehead atoms. The standard InChI is InChI=1S/C17H25N3O4S.ClH/c1-11-16(25(22,23)20-6-2-3-7-20)8-15(24-11)17(21)19-9-12-4-5-14(18)13(12)10-19;/h8,12-14H,2-7,9-10,18H2,1H3;1H. The fourth-order valence-corrected chi connectivity index (χ4v) is 6.20. The number of amides is 1. The van der Waals surface area contributed by atoms with Crippen LogP contribution in [0.15, 0.2) is 15.4 Å². The lowest BCUT2D eigenvalue weighted by Crippen LogP contribution is -2.33. The van der Waals surface area contributed by atoms with Crippen LogP contribution in [0.1, 0.15) is 42.0 Å². The van der Waals surface area contributed by atoms with E-state index >= 15 is 0 Å². The van der Waals surface area contributed by atoms with Crippen molar-refractivity contribution in [2.75, 3.05) is 26.2 Å². The minimum Gasteiger partial charge on any atom is -0.455 e. The van der Waals surface area contributed by atoms with Crippen molar-refractivity contribution < 1.29 is 17.6 Å². The number of rotatable bonds is 3. The molecule has 146 valence electrons. The van der Waals surface area contributed by atoms with E-state index in [0.29, 0.717) is 38.0 Å². The molecule has 1 aliphatic carbocycles. The Balaban J connectivity index is 0.00000196. The van der Waals surface area contributed by atoms with Gasteiger partial charge in [-0.1, -0.05) is 0 Å². The molecular weight excluding hydrogens is 378 g/mol. The van der Waals surface area contributed by atoms with Crippen LogP contribution in [0.25, 0.3) is 0 Å². The number of aryl methyl sites for hydroxylation is 1. The highest BCUT2D eigenvalue weighted by Gasteiger charge is 2.43. The summed E-state index contributed by atoms with van der Waals surface area (Å²) in [6, 6.07) is 1.56. The molecule has 4 rings (SSSR count). The minimum atomic E-state index is -3.58. The minimum absolute atomic E-state index is 0. The van der Waals surface area contributed by atoms with E-state index in [2.05, 4.69) is 0 Å². The molecule has 3 heterocycles. The predicted octanol–water partition coefficient (Wildman–Crippen LogP) is 1.60. The Bertz CT molecular complexity index is 788. The topological polar surface area (TPSA) is 96.8 Å². The fraction of sp³-hybridized carbons (Fsp3) is 0.706. The van der Waals surface area contributed by atoms with Gasteiger partial charge in [0.15, 0.2) is 5.76 Å². The molecule has 1 saturated carbocycles. The lowest BCUT2D eigenvalue weighted by Gasteiger charge is -2.17. The lowest BCUT2D eigenvalue weighted by molar-refractivity contribution is 0.0746. The molecule has 1 aromatic heterocycles. The number of hydrogen-bond acceptors (Lipinski definition) is 5. The Morgan fingerprint density at radius 2 is 1.92 bits per heavy atom. The number of furan rings is 1. The number of sulfonamides is 1. The number of hydrogen-bond donors (Lipinski definition) is 1. The van der Waals surface area contributed by atoms with Crippen LogP contribution < -0.4 is 5.73 Å². The van der Waals surface area contributed by atoms with Crippen molar-refractivity contribution >= 4 is 28.3 Å². The van der Waals surface area contributed by atoms with Crippen LogP contribution in [0.3, 0.4) is 0 Å². The zero-order valence-corrected chi connectivity index (χ0v) is 16.5. The monoisotopic (exact) mass is 403 g/mol. The number of nitrogens with zero attached hydrogens (tertiary/aromatic N) is 2. The van der Waals surface area contributed by atoms with Crippen LogP contribution in [0.4, 0.5) is 0 Å². The summed E-state index contributed by atoms with van der Waals surface area (Å²) in [7, 11) is -3.58. The van der Waals surface area contributed by atoms with Crippen LogP contribution in [0.2, 0.25) is 0 Å². The zero-order chi connectivity index (χ0) is 17.8. The molecule has 2 saturated heterocycles. The van der Waals surface area contributed by atoms with E-state index in [4.69, 9.17) is 10.2 Å². The van der Waals surface area contributed by atoms with E-state index in [-0.39, 0.29) is 40.8 Å². The quantitative estimate of drug-likeness (QED) is 0.826. The van der Waals surface area contributed by atoms with Crippen LogP contribution in [-0.4, -0.2) is 55.8 Å². The molecule has 3 aliphatic rings. The van der Waals surface area contributed by atoms with Gasteiger partial charge in [-0.25, -0.2) is 8.42 Å². The molecule has 2 N–H and O–H groups in total. The first-order chi connectivity index (χ1) is 11.9. The summed E-state index contributed by atoms with van der Waals surface area (Å²) in [5.41, 5.74) is 6.13. The second-order valence-electron chi connectivity index (χ2n) is 7.52. The third-order valence-corrected chi connectivity index (χ3v) is 7.97. The maximum absolute atomic E-state index is 12.8. The fourth-order valence-electron chi connectivity index (χ4n) is 4.52. The van der Waals surface area contributed by atoms with Crippen molar-refractivity contribution in [3.05, 3.63) is 17.6 Å². The Morgan fingerprint density at radius 1 is 1.23 bits per heavy atom. The highest BCUT2D eigenvalue weighted by Crippen LogP contribution is 2.38. The van der Waals surface area contributed by atoms with E-state index < -0.39 is 10.0 Å². The lowest BCUT2D eigenvalue weighted by atomic mass is 9.98. The maximum atomic E-state index is 12.8. The Hall–Kier alpha value is -1.09. The SMILES string of the molecule is Cc1oc(C(=O)N2CC3CCC(N)C3C2)cc1S(=O)(=O)N1CCCC1.Cl. The van der Waals surface area contributed by atoms with E-state index in [1.165, 1.54) is 10.4 Å². The second kappa shape index (κ2) is 7.14. The maximum Gasteiger partial charge on any atom is 0.289 e. The molecule has 7 nitrogen and oxygen atoms in total. The van der Waals surface area contributed by atoms with Crippen molar-refractivity contribution in [1.82, 2.24) is 9.21 Å². The predicted molar refractivity (Wildman–Crippen MR) is 98.8 cm³/mol. The van der Waals surface area contributed by atoms with E-state index in [9.17, 15) is 13.2 Å². The molecule has 0 radical (unpaired) electrons. The summed E-state index contributed by atoms with van der Waals surface area (Å²) in [5.74, 6) is 0.985. The van der Waals surface area contributed by atoms with E-state index in [1.807, 2.05) is 0 Å². The smallest absolute Gasteiger partial charge is 0.289 e. The molecule has 2 aliphatic heterocycles. The van der Waals surface area contributed by atoms with Gasteiger partial charge in [-0.2, -0.15) is 4.31 Å². The van der Waals surface area contributed by atoms with Crippen molar-refractivity contribution in [2.24, 2.45) is 17.6 Å². The van der Waals surface area contributed by atoms with Crippen LogP contribution >= 0.6 is 12.4 Å². The van der Waals surface area contributed by atoms with Crippen molar-refractivity contribution in [3.63, 3.8) is 0 Å². The number of nitrogens with two attached hydrogens (primary N) is 1. The van der Waals surface area contributed by atoms with E-state index in [1.54, 1.807) is 11.8 Å². The number of fused-ring (bicyclic) bond motifs is 1. The first-order valence-electron chi connectivity index (χ1n) is 9.03. The largest absolute Gasteiger partial charge is 0.455 e. The summed E-state index contributed by atoms with van der Waals surface area (Å²) in [4.78, 5) is 14.7. The molecule has 1 amide bonds. The Labute approximate surface area is 160 Å². The molecule has 3 atom stereocenters. The van der Waals surface area contributed by atoms with Crippen LogP contribution in [0.5, 0.6) is 0 Å². The summed E-state index contributed by atoms with van der Waals surface area (Å²) in [6.07, 6.45) is 3.83. The number of likely N-dealkylation sites (tertiary alicyclic amines) is 1. The van der Waals surface area contributed by atoms with Gasteiger partial charge in [0.1, 0.15) is 10.7 Å². The average molecular weight is 404 g/mol. The van der Waals surface area contributed by atoms with Gasteiger partial charge in [0.2, 0.25) is 10.0 Å². The molecule has 9 heteroatoms. The molecule has 3 unspecified atom stereocenters. The summed E-state index contributed by atoms with van der Waals surface area (Å²) < 4.78 is 32.5. The third-order valence-electron chi connectivity index (χ3n) is 5.97. The summed E-state index contributed by atoms with van der Waals surface area (Å²) in [6.45, 7) is 3.99. The number of carbonyl (C=O) groups excluding carboxylic acids is 1. The first kappa shape index (κ1) is 19.7. The number of carbonyl (C=O) groups is 1. The average Bonchev–Trinajstić information content (AvgIpc) is 3.31. The van der Waals surface area contributed by atoms with Crippen molar-refractivity contribution in [1.29, 1.82) is 0 Å². The zero-order valence-electron chi connectivity index (χ0n) is 14.9. The molecular formula is C17H26ClN3O4S. The Morgan fingerprint density at radius 3 is 2.58 bits per heavy atom. The van der Waals surface area contributed by atoms with E-state index in [0.717, 1.165) is 25.7 Å². The van der Waals surface area contributed by atoms with Gasteiger partial charge in [0, 0.05) is 38.3 Å². The summed E-state index contributed by atoms with van der Waals surface area (Å²) in [5, 5.41) is 0. The highest BCUT2D eigenvalue weighted by molar-refractivity contribution is 7.89. The van der Waals surface area contributed by atoms with Gasteiger partial charge in [0.25, 0.3) is 5.91 Å². The molecule has 0 spiro atoms. The van der Waals surface area contributed by atoms with Crippen LogP contribution in [0, 0.1) is 18.8 Å². The van der Waals surface area contributed by atoms with Gasteiger partial charge in [-0.15, -0.1) is 12.4 Å². The van der Waals surface area contributed by atoms with Gasteiger partial charge >= 0.3 is 0 Å². The Kier molecular flexibility index (Phi) is 5.40. The number of halogens is 1. The molecule has 26 heavy (non-hydrogen) atoms. The van der Waals surface area contributed by atoms with Crippen LogP contribution in [-0.2, 0) is 10.0 Å². The van der Waals surface area contributed by atoms with Gasteiger partial charge in [-0.3, -0.25) is 4.79 Å². The van der Waals surface area contributed by atoms with Gasteiger partial charge < -0.3 is 15.1 Å². The molecule has 0 aromatic carbocycles. The van der Waals surface area contributed by atoms with Crippen molar-refractivity contribution in [3.8, 4) is 0 Å². The molecule has 1 aromatic rings. The van der Waals surface area contributed by atoms with Crippen molar-refractivity contribution in [2.45, 2.75) is 43.5 Å². The van der Waals surface area contributed by atoms with Gasteiger partial charge in [-0.05, 0) is 44.4 Å². The molecule has 3 fully saturated rings. The highest BCUT2D eigenvalue weighted by atomic mass is 35.5. The first-order valence-corrected chi connectivity index (χ1v) is 10.5. The second-order valence-corrected chi connectivity index (χ2v) is 9.42.